The SMILES string of the molecule is C=C(C)C(C)(O)C#CC#CC(C)(O)C(=C)C. The number of hydrogen-bond donors (Lipinski definition) is 2. The molecule has 0 fully saturated rings. The third kappa shape index (κ3) is 4.36. The monoisotopic (exact) mass is 218 g/mol. The molecule has 0 amide bonds. The van der Waals surface area contributed by atoms with Gasteiger partial charge >= 0.3 is 0 Å². The van der Waals surface area contributed by atoms with Crippen molar-refractivity contribution >= 4 is 0 Å². The summed E-state index contributed by atoms with van der Waals surface area (Å²) in [6.45, 7) is 13.7. The number of aliphatic hydroxyl groups is 2. The van der Waals surface area contributed by atoms with Gasteiger partial charge in [-0.25, -0.2) is 0 Å². The summed E-state index contributed by atoms with van der Waals surface area (Å²) in [5.74, 6) is 10.1. The molecule has 86 valence electrons. The van der Waals surface area contributed by atoms with Gasteiger partial charge in [-0.1, -0.05) is 13.2 Å². The van der Waals surface area contributed by atoms with E-state index >= 15 is 0 Å². The summed E-state index contributed by atoms with van der Waals surface area (Å²) in [7, 11) is 0. The maximum Gasteiger partial charge on any atom is 0.144 e. The summed E-state index contributed by atoms with van der Waals surface area (Å²) in [4.78, 5) is 0. The highest BCUT2D eigenvalue weighted by atomic mass is 16.3. The van der Waals surface area contributed by atoms with Crippen LogP contribution in [-0.4, -0.2) is 21.4 Å². The highest BCUT2D eigenvalue weighted by Gasteiger charge is 2.18. The Bertz CT molecular complexity index is 375. The van der Waals surface area contributed by atoms with Crippen molar-refractivity contribution in [1.82, 2.24) is 0 Å². The average molecular weight is 218 g/mol. The molecule has 0 aromatic carbocycles. The Kier molecular flexibility index (Phi) is 4.57. The van der Waals surface area contributed by atoms with Crippen LogP contribution in [0.4, 0.5) is 0 Å². The van der Waals surface area contributed by atoms with E-state index in [1.807, 2.05) is 0 Å². The second-order valence-electron chi connectivity index (χ2n) is 4.21. The predicted molar refractivity (Wildman–Crippen MR) is 66.4 cm³/mol. The summed E-state index contributed by atoms with van der Waals surface area (Å²) in [5, 5.41) is 19.4. The molecule has 0 bridgehead atoms. The summed E-state index contributed by atoms with van der Waals surface area (Å²) in [6.07, 6.45) is 0. The zero-order valence-corrected chi connectivity index (χ0v) is 10.3. The van der Waals surface area contributed by atoms with Crippen molar-refractivity contribution in [1.29, 1.82) is 0 Å². The van der Waals surface area contributed by atoms with E-state index in [0.717, 1.165) is 0 Å². The van der Waals surface area contributed by atoms with Crippen LogP contribution >= 0.6 is 0 Å². The first kappa shape index (κ1) is 14.5. The molecule has 0 radical (unpaired) electrons. The minimum Gasteiger partial charge on any atom is -0.374 e. The van der Waals surface area contributed by atoms with Crippen LogP contribution in [0.5, 0.6) is 0 Å². The second kappa shape index (κ2) is 5.03. The van der Waals surface area contributed by atoms with Crippen LogP contribution in [0.25, 0.3) is 0 Å². The molecule has 2 nitrogen and oxygen atoms in total. The molecule has 2 N–H and O–H groups in total. The van der Waals surface area contributed by atoms with Gasteiger partial charge < -0.3 is 10.2 Å². The van der Waals surface area contributed by atoms with Gasteiger partial charge in [-0.3, -0.25) is 0 Å². The zero-order valence-electron chi connectivity index (χ0n) is 10.3. The molecule has 0 aromatic rings. The first-order valence-electron chi connectivity index (χ1n) is 4.90. The first-order valence-corrected chi connectivity index (χ1v) is 4.90. The van der Waals surface area contributed by atoms with Gasteiger partial charge in [0.15, 0.2) is 0 Å². The third-order valence-electron chi connectivity index (χ3n) is 2.34. The van der Waals surface area contributed by atoms with Crippen molar-refractivity contribution in [3.8, 4) is 23.7 Å². The molecular weight excluding hydrogens is 200 g/mol. The third-order valence-corrected chi connectivity index (χ3v) is 2.34. The van der Waals surface area contributed by atoms with Crippen molar-refractivity contribution in [2.75, 3.05) is 0 Å². The van der Waals surface area contributed by atoms with Gasteiger partial charge in [0.25, 0.3) is 0 Å². The van der Waals surface area contributed by atoms with Gasteiger partial charge in [-0.2, -0.15) is 0 Å². The molecule has 0 aliphatic carbocycles. The zero-order chi connectivity index (χ0) is 13.0. The summed E-state index contributed by atoms with van der Waals surface area (Å²) < 4.78 is 0. The first-order chi connectivity index (χ1) is 7.09. The molecule has 2 unspecified atom stereocenters. The van der Waals surface area contributed by atoms with Crippen molar-refractivity contribution in [2.45, 2.75) is 38.9 Å². The molecule has 0 rings (SSSR count). The van der Waals surface area contributed by atoms with E-state index in [1.165, 1.54) is 0 Å². The van der Waals surface area contributed by atoms with Gasteiger partial charge in [-0.05, 0) is 62.5 Å². The highest BCUT2D eigenvalue weighted by Crippen LogP contribution is 2.12. The van der Waals surface area contributed by atoms with E-state index in [-0.39, 0.29) is 0 Å². The van der Waals surface area contributed by atoms with E-state index in [2.05, 4.69) is 36.8 Å². The van der Waals surface area contributed by atoms with Crippen molar-refractivity contribution in [3.63, 3.8) is 0 Å². The normalized spacial score (nSPS) is 16.6. The summed E-state index contributed by atoms with van der Waals surface area (Å²) >= 11 is 0. The van der Waals surface area contributed by atoms with E-state index in [9.17, 15) is 10.2 Å². The fourth-order valence-corrected chi connectivity index (χ4v) is 0.519. The molecule has 0 heterocycles. The van der Waals surface area contributed by atoms with E-state index in [4.69, 9.17) is 0 Å². The standard InChI is InChI=1S/C14H18O2/c1-11(2)13(5,15)9-7-8-10-14(6,16)12(3)4/h15-16H,1,3H2,2,4-6H3. The van der Waals surface area contributed by atoms with Crippen LogP contribution in [-0.2, 0) is 0 Å². The molecule has 2 atom stereocenters. The van der Waals surface area contributed by atoms with Gasteiger partial charge in [0, 0.05) is 0 Å². The molecule has 0 aliphatic heterocycles. The lowest BCUT2D eigenvalue weighted by Crippen LogP contribution is -2.22. The molecule has 16 heavy (non-hydrogen) atoms. The maximum atomic E-state index is 9.71. The molecule has 0 aromatic heterocycles. The lowest BCUT2D eigenvalue weighted by molar-refractivity contribution is 0.161. The van der Waals surface area contributed by atoms with Crippen molar-refractivity contribution < 1.29 is 10.2 Å². The topological polar surface area (TPSA) is 40.5 Å². The Labute approximate surface area is 97.7 Å². The molecule has 0 spiro atoms. The minimum absolute atomic E-state index is 0.550. The van der Waals surface area contributed by atoms with Gasteiger partial charge in [0.1, 0.15) is 11.2 Å². The molecule has 0 saturated carbocycles. The van der Waals surface area contributed by atoms with Crippen molar-refractivity contribution in [2.24, 2.45) is 0 Å². The van der Waals surface area contributed by atoms with Gasteiger partial charge in [-0.15, -0.1) is 0 Å². The summed E-state index contributed by atoms with van der Waals surface area (Å²) in [6, 6.07) is 0. The van der Waals surface area contributed by atoms with Crippen LogP contribution < -0.4 is 0 Å². The maximum absolute atomic E-state index is 9.71. The van der Waals surface area contributed by atoms with Crippen LogP contribution in [0.15, 0.2) is 24.3 Å². The Hall–Kier alpha value is -1.48. The van der Waals surface area contributed by atoms with Crippen LogP contribution in [0.2, 0.25) is 0 Å². The van der Waals surface area contributed by atoms with Crippen LogP contribution in [0, 0.1) is 23.7 Å². The largest absolute Gasteiger partial charge is 0.374 e. The Balaban J connectivity index is 4.85. The van der Waals surface area contributed by atoms with Gasteiger partial charge in [0.05, 0.1) is 0 Å². The Morgan fingerprint density at radius 2 is 1.12 bits per heavy atom. The van der Waals surface area contributed by atoms with E-state index in [1.54, 1.807) is 27.7 Å². The molecular formula is C14H18O2. The van der Waals surface area contributed by atoms with Crippen LogP contribution in [0.1, 0.15) is 27.7 Å². The van der Waals surface area contributed by atoms with E-state index in [0.29, 0.717) is 11.1 Å². The molecule has 0 saturated heterocycles. The minimum atomic E-state index is -1.25. The van der Waals surface area contributed by atoms with Gasteiger partial charge in [0.2, 0.25) is 0 Å². The average Bonchev–Trinajstić information content (AvgIpc) is 2.12. The Morgan fingerprint density at radius 3 is 1.31 bits per heavy atom. The number of hydrogen-bond acceptors (Lipinski definition) is 2. The predicted octanol–water partition coefficient (Wildman–Crippen LogP) is 1.65. The summed E-state index contributed by atoms with van der Waals surface area (Å²) in [5.41, 5.74) is -1.39. The molecule has 0 aliphatic rings. The number of rotatable bonds is 2. The fraction of sp³-hybridized carbons (Fsp3) is 0.429. The van der Waals surface area contributed by atoms with Crippen molar-refractivity contribution in [3.05, 3.63) is 24.3 Å². The van der Waals surface area contributed by atoms with Crippen LogP contribution in [0.3, 0.4) is 0 Å². The smallest absolute Gasteiger partial charge is 0.144 e. The highest BCUT2D eigenvalue weighted by molar-refractivity contribution is 5.38. The Morgan fingerprint density at radius 1 is 0.875 bits per heavy atom. The lowest BCUT2D eigenvalue weighted by Gasteiger charge is -2.15. The fourth-order valence-electron chi connectivity index (χ4n) is 0.519. The molecule has 2 heteroatoms. The van der Waals surface area contributed by atoms with E-state index < -0.39 is 11.2 Å². The second-order valence-corrected chi connectivity index (χ2v) is 4.21. The lowest BCUT2D eigenvalue weighted by atomic mass is 9.99. The quantitative estimate of drug-likeness (QED) is 0.546.